The molecule has 0 aliphatic rings. The number of benzene rings is 2. The molecule has 0 heterocycles. The summed E-state index contributed by atoms with van der Waals surface area (Å²) in [5.74, 6) is 0. The molecule has 0 saturated carbocycles. The molecule has 0 aromatic heterocycles. The van der Waals surface area contributed by atoms with Crippen molar-refractivity contribution in [3.63, 3.8) is 0 Å². The molecule has 0 bridgehead atoms. The molecule has 0 spiro atoms. The summed E-state index contributed by atoms with van der Waals surface area (Å²) in [6.07, 6.45) is 0. The van der Waals surface area contributed by atoms with Crippen LogP contribution in [0, 0.1) is 0 Å². The fraction of sp³-hybridized carbons (Fsp3) is 0.143. The maximum Gasteiger partial charge on any atom is 0.246 e. The van der Waals surface area contributed by atoms with Gasteiger partial charge in [0.05, 0.1) is 10.7 Å². The van der Waals surface area contributed by atoms with Gasteiger partial charge in [-0.2, -0.15) is 4.31 Å². The number of rotatable bonds is 4. The van der Waals surface area contributed by atoms with Crippen LogP contribution in [0.4, 0.5) is 5.69 Å². The molecule has 0 amide bonds. The summed E-state index contributed by atoms with van der Waals surface area (Å²) in [6, 6.07) is 12.0. The summed E-state index contributed by atoms with van der Waals surface area (Å²) in [6.45, 7) is 0.224. The van der Waals surface area contributed by atoms with E-state index in [1.807, 2.05) is 30.3 Å². The molecule has 0 aliphatic carbocycles. The summed E-state index contributed by atoms with van der Waals surface area (Å²) < 4.78 is 26.4. The number of nitrogens with zero attached hydrogens (tertiary/aromatic N) is 1. The van der Waals surface area contributed by atoms with Crippen molar-refractivity contribution < 1.29 is 8.42 Å². The van der Waals surface area contributed by atoms with Crippen LogP contribution in [0.15, 0.2) is 47.4 Å². The highest BCUT2D eigenvalue weighted by molar-refractivity contribution is 7.89. The lowest BCUT2D eigenvalue weighted by Crippen LogP contribution is -2.27. The Labute approximate surface area is 134 Å². The molecule has 0 atom stereocenters. The van der Waals surface area contributed by atoms with E-state index >= 15 is 0 Å². The van der Waals surface area contributed by atoms with Crippen molar-refractivity contribution in [2.75, 3.05) is 12.8 Å². The third kappa shape index (κ3) is 3.49. The van der Waals surface area contributed by atoms with Crippen LogP contribution in [0.5, 0.6) is 0 Å². The van der Waals surface area contributed by atoms with Crippen molar-refractivity contribution in [2.45, 2.75) is 11.4 Å². The standard InChI is InChI=1S/C14H14Cl2N2O2S/c1-18(9-10-5-3-2-4-6-10)21(19,20)14-12(16)7-11(15)8-13(14)17/h2-8H,9,17H2,1H3. The fourth-order valence-corrected chi connectivity index (χ4v) is 4.03. The van der Waals surface area contributed by atoms with Crippen molar-refractivity contribution in [1.29, 1.82) is 0 Å². The Balaban J connectivity index is 2.38. The van der Waals surface area contributed by atoms with Gasteiger partial charge in [0.1, 0.15) is 4.90 Å². The Bertz CT molecular complexity index is 726. The molecule has 112 valence electrons. The minimum absolute atomic E-state index is 0.0138. The summed E-state index contributed by atoms with van der Waals surface area (Å²) in [5.41, 5.74) is 6.67. The average molecular weight is 345 g/mol. The highest BCUT2D eigenvalue weighted by Crippen LogP contribution is 2.33. The zero-order chi connectivity index (χ0) is 15.6. The van der Waals surface area contributed by atoms with Gasteiger partial charge in [0.15, 0.2) is 0 Å². The third-order valence-corrected chi connectivity index (χ3v) is 5.50. The second kappa shape index (κ2) is 6.23. The maximum atomic E-state index is 12.6. The van der Waals surface area contributed by atoms with Crippen molar-refractivity contribution >= 4 is 38.9 Å². The molecule has 0 saturated heterocycles. The number of nitrogens with two attached hydrogens (primary N) is 1. The Kier molecular flexibility index (Phi) is 4.78. The number of nitrogen functional groups attached to an aromatic ring is 1. The van der Waals surface area contributed by atoms with Crippen LogP contribution in [-0.4, -0.2) is 19.8 Å². The van der Waals surface area contributed by atoms with Crippen LogP contribution >= 0.6 is 23.2 Å². The van der Waals surface area contributed by atoms with Crippen molar-refractivity contribution in [3.8, 4) is 0 Å². The topological polar surface area (TPSA) is 63.4 Å². The number of halogens is 2. The van der Waals surface area contributed by atoms with Gasteiger partial charge < -0.3 is 5.73 Å². The molecule has 0 radical (unpaired) electrons. The highest BCUT2D eigenvalue weighted by Gasteiger charge is 2.26. The maximum absolute atomic E-state index is 12.6. The van der Waals surface area contributed by atoms with E-state index < -0.39 is 10.0 Å². The van der Waals surface area contributed by atoms with E-state index in [4.69, 9.17) is 28.9 Å². The smallest absolute Gasteiger partial charge is 0.246 e. The van der Waals surface area contributed by atoms with E-state index in [9.17, 15) is 8.42 Å². The van der Waals surface area contributed by atoms with Crippen LogP contribution in [0.1, 0.15) is 5.56 Å². The largest absolute Gasteiger partial charge is 0.398 e. The summed E-state index contributed by atoms with van der Waals surface area (Å²) >= 11 is 11.8. The SMILES string of the molecule is CN(Cc1ccccc1)S(=O)(=O)c1c(N)cc(Cl)cc1Cl. The van der Waals surface area contributed by atoms with E-state index in [0.29, 0.717) is 5.02 Å². The molecule has 0 aliphatic heterocycles. The van der Waals surface area contributed by atoms with Gasteiger partial charge in [-0.05, 0) is 17.7 Å². The zero-order valence-corrected chi connectivity index (χ0v) is 13.6. The predicted octanol–water partition coefficient (Wildman–Crippen LogP) is 3.40. The molecule has 21 heavy (non-hydrogen) atoms. The van der Waals surface area contributed by atoms with Gasteiger partial charge >= 0.3 is 0 Å². The van der Waals surface area contributed by atoms with Gasteiger partial charge in [0, 0.05) is 18.6 Å². The molecular weight excluding hydrogens is 331 g/mol. The van der Waals surface area contributed by atoms with Crippen LogP contribution < -0.4 is 5.73 Å². The average Bonchev–Trinajstić information content (AvgIpc) is 2.38. The third-order valence-electron chi connectivity index (χ3n) is 2.95. The van der Waals surface area contributed by atoms with Gasteiger partial charge in [0.2, 0.25) is 10.0 Å². The summed E-state index contributed by atoms with van der Waals surface area (Å²) in [7, 11) is -2.32. The number of sulfonamides is 1. The molecule has 0 unspecified atom stereocenters. The van der Waals surface area contributed by atoms with Crippen molar-refractivity contribution in [3.05, 3.63) is 58.1 Å². The van der Waals surface area contributed by atoms with E-state index in [0.717, 1.165) is 5.56 Å². The monoisotopic (exact) mass is 344 g/mol. The lowest BCUT2D eigenvalue weighted by atomic mass is 10.2. The Morgan fingerprint density at radius 1 is 1.14 bits per heavy atom. The van der Waals surface area contributed by atoms with E-state index in [-0.39, 0.29) is 22.2 Å². The summed E-state index contributed by atoms with van der Waals surface area (Å²) in [4.78, 5) is -0.119. The van der Waals surface area contributed by atoms with Gasteiger partial charge in [-0.1, -0.05) is 53.5 Å². The first-order valence-electron chi connectivity index (χ1n) is 6.07. The van der Waals surface area contributed by atoms with Crippen LogP contribution in [-0.2, 0) is 16.6 Å². The zero-order valence-electron chi connectivity index (χ0n) is 11.3. The van der Waals surface area contributed by atoms with Crippen molar-refractivity contribution in [2.24, 2.45) is 0 Å². The normalized spacial score (nSPS) is 11.8. The lowest BCUT2D eigenvalue weighted by Gasteiger charge is -2.19. The highest BCUT2D eigenvalue weighted by atomic mass is 35.5. The minimum Gasteiger partial charge on any atom is -0.398 e. The molecule has 2 aromatic rings. The number of anilines is 1. The predicted molar refractivity (Wildman–Crippen MR) is 86.0 cm³/mol. The Morgan fingerprint density at radius 3 is 2.33 bits per heavy atom. The van der Waals surface area contributed by atoms with Crippen LogP contribution in [0.2, 0.25) is 10.0 Å². The first-order valence-corrected chi connectivity index (χ1v) is 8.27. The molecule has 2 aromatic carbocycles. The first-order chi connectivity index (χ1) is 9.82. The summed E-state index contributed by atoms with van der Waals surface area (Å²) in [5, 5.41) is 0.307. The number of hydrogen-bond donors (Lipinski definition) is 1. The van der Waals surface area contributed by atoms with Gasteiger partial charge in [-0.25, -0.2) is 8.42 Å². The van der Waals surface area contributed by atoms with E-state index in [1.165, 1.54) is 23.5 Å². The van der Waals surface area contributed by atoms with Crippen molar-refractivity contribution in [1.82, 2.24) is 4.31 Å². The minimum atomic E-state index is -3.80. The molecule has 7 heteroatoms. The van der Waals surface area contributed by atoms with Gasteiger partial charge in [-0.15, -0.1) is 0 Å². The molecule has 4 nitrogen and oxygen atoms in total. The van der Waals surface area contributed by atoms with Crippen LogP contribution in [0.25, 0.3) is 0 Å². The van der Waals surface area contributed by atoms with Crippen LogP contribution in [0.3, 0.4) is 0 Å². The quantitative estimate of drug-likeness (QED) is 0.864. The molecule has 2 N–H and O–H groups in total. The lowest BCUT2D eigenvalue weighted by molar-refractivity contribution is 0.467. The molecular formula is C14H14Cl2N2O2S. The molecule has 0 fully saturated rings. The Hall–Kier alpha value is -1.27. The fourth-order valence-electron chi connectivity index (χ4n) is 1.93. The molecule has 2 rings (SSSR count). The van der Waals surface area contributed by atoms with Gasteiger partial charge in [-0.3, -0.25) is 0 Å². The second-order valence-electron chi connectivity index (χ2n) is 4.55. The first kappa shape index (κ1) is 16.1. The number of hydrogen-bond acceptors (Lipinski definition) is 3. The second-order valence-corrected chi connectivity index (χ2v) is 7.38. The van der Waals surface area contributed by atoms with Gasteiger partial charge in [0.25, 0.3) is 0 Å². The van der Waals surface area contributed by atoms with E-state index in [2.05, 4.69) is 0 Å². The van der Waals surface area contributed by atoms with E-state index in [1.54, 1.807) is 0 Å². The Morgan fingerprint density at radius 2 is 1.76 bits per heavy atom.